The Bertz CT molecular complexity index is 743. The molecule has 0 atom stereocenters. The van der Waals surface area contributed by atoms with Crippen molar-refractivity contribution >= 4 is 9.84 Å². The monoisotopic (exact) mass is 312 g/mol. The van der Waals surface area contributed by atoms with Gasteiger partial charge < -0.3 is 0 Å². The number of nitrogens with zero attached hydrogens (tertiary/aromatic N) is 2. The molecule has 0 bridgehead atoms. The van der Waals surface area contributed by atoms with E-state index in [9.17, 15) is 17.2 Å². The predicted molar refractivity (Wildman–Crippen MR) is 73.2 cm³/mol. The van der Waals surface area contributed by atoms with Crippen molar-refractivity contribution < 1.29 is 17.2 Å². The molecular weight excluding hydrogens is 298 g/mol. The molecule has 112 valence electrons. The third-order valence-corrected chi connectivity index (χ3v) is 4.97. The van der Waals surface area contributed by atoms with Gasteiger partial charge in [0.05, 0.1) is 17.2 Å². The normalized spacial score (nSPS) is 14.4. The molecule has 1 aliphatic heterocycles. The highest BCUT2D eigenvalue weighted by atomic mass is 32.2. The Morgan fingerprint density at radius 1 is 1.19 bits per heavy atom. The minimum absolute atomic E-state index is 0.305. The maximum Gasteiger partial charge on any atom is 0.160 e. The van der Waals surface area contributed by atoms with Crippen molar-refractivity contribution in [1.29, 1.82) is 0 Å². The van der Waals surface area contributed by atoms with E-state index in [1.165, 1.54) is 6.07 Å². The smallest absolute Gasteiger partial charge is 0.160 e. The van der Waals surface area contributed by atoms with Crippen LogP contribution in [-0.2, 0) is 34.3 Å². The highest BCUT2D eigenvalue weighted by Crippen LogP contribution is 2.20. The van der Waals surface area contributed by atoms with Crippen molar-refractivity contribution in [3.63, 3.8) is 0 Å². The van der Waals surface area contributed by atoms with Crippen LogP contribution >= 0.6 is 0 Å². The summed E-state index contributed by atoms with van der Waals surface area (Å²) in [6, 6.07) is 5.07. The van der Waals surface area contributed by atoms with Gasteiger partial charge in [-0.15, -0.1) is 0 Å². The third kappa shape index (κ3) is 2.97. The first-order valence-corrected chi connectivity index (χ1v) is 8.46. The average molecular weight is 312 g/mol. The molecule has 7 heteroatoms. The van der Waals surface area contributed by atoms with E-state index in [2.05, 4.69) is 5.10 Å². The molecule has 1 aromatic heterocycles. The lowest BCUT2D eigenvalue weighted by atomic mass is 10.2. The van der Waals surface area contributed by atoms with Crippen molar-refractivity contribution in [3.05, 3.63) is 52.9 Å². The largest absolute Gasteiger partial charge is 0.269 e. The molecule has 2 heterocycles. The van der Waals surface area contributed by atoms with Crippen molar-refractivity contribution in [3.8, 4) is 0 Å². The summed E-state index contributed by atoms with van der Waals surface area (Å²) in [6.07, 6.45) is 1.89. The fourth-order valence-electron chi connectivity index (χ4n) is 2.56. The molecule has 0 saturated heterocycles. The molecule has 0 N–H and O–H groups in total. The number of benzene rings is 1. The second-order valence-corrected chi connectivity index (χ2v) is 7.25. The number of hydrogen-bond donors (Lipinski definition) is 0. The fourth-order valence-corrected chi connectivity index (χ4v) is 3.97. The first-order valence-electron chi connectivity index (χ1n) is 6.63. The molecule has 0 aliphatic carbocycles. The molecule has 1 aromatic carbocycles. The van der Waals surface area contributed by atoms with Gasteiger partial charge in [-0.2, -0.15) is 5.10 Å². The fraction of sp³-hybridized carbons (Fsp3) is 0.357. The first kappa shape index (κ1) is 14.2. The molecular formula is C14H14F2N2O2S. The Morgan fingerprint density at radius 2 is 1.90 bits per heavy atom. The maximum atomic E-state index is 13.5. The zero-order valence-corrected chi connectivity index (χ0v) is 12.0. The second-order valence-electron chi connectivity index (χ2n) is 5.19. The van der Waals surface area contributed by atoms with Gasteiger partial charge in [-0.1, -0.05) is 6.07 Å². The molecule has 1 aliphatic rings. The standard InChI is InChI=1S/C14H14F2N2O2S/c15-13-4-1-5-14(16)12(13)9-21(19,20)8-10-7-11-3-2-6-18(11)17-10/h1,4-5,7H,2-3,6,8-9H2. The lowest BCUT2D eigenvalue weighted by Gasteiger charge is -2.05. The Morgan fingerprint density at radius 3 is 2.57 bits per heavy atom. The third-order valence-electron chi connectivity index (χ3n) is 3.51. The summed E-state index contributed by atoms with van der Waals surface area (Å²) < 4.78 is 53.1. The highest BCUT2D eigenvalue weighted by molar-refractivity contribution is 7.89. The molecule has 0 radical (unpaired) electrons. The van der Waals surface area contributed by atoms with Gasteiger partial charge in [0, 0.05) is 17.8 Å². The molecule has 0 amide bonds. The summed E-state index contributed by atoms with van der Waals surface area (Å²) in [5, 5.41) is 4.21. The summed E-state index contributed by atoms with van der Waals surface area (Å²) in [5.41, 5.74) is 1.03. The molecule has 0 spiro atoms. The zero-order chi connectivity index (χ0) is 15.0. The Hall–Kier alpha value is -1.76. The number of hydrogen-bond acceptors (Lipinski definition) is 3. The predicted octanol–water partition coefficient (Wildman–Crippen LogP) is 2.22. The Kier molecular flexibility index (Phi) is 3.52. The zero-order valence-electron chi connectivity index (χ0n) is 11.2. The van der Waals surface area contributed by atoms with Gasteiger partial charge in [-0.25, -0.2) is 17.2 Å². The van der Waals surface area contributed by atoms with Crippen LogP contribution in [0.3, 0.4) is 0 Å². The number of rotatable bonds is 4. The van der Waals surface area contributed by atoms with Crippen molar-refractivity contribution in [2.24, 2.45) is 0 Å². The van der Waals surface area contributed by atoms with Crippen LogP contribution in [0.15, 0.2) is 24.3 Å². The van der Waals surface area contributed by atoms with Crippen LogP contribution in [0.2, 0.25) is 0 Å². The Labute approximate surface area is 121 Å². The topological polar surface area (TPSA) is 52.0 Å². The lowest BCUT2D eigenvalue weighted by molar-refractivity contribution is 0.555. The minimum atomic E-state index is -3.68. The molecule has 0 fully saturated rings. The number of aryl methyl sites for hydroxylation is 2. The van der Waals surface area contributed by atoms with Crippen LogP contribution < -0.4 is 0 Å². The summed E-state index contributed by atoms with van der Waals surface area (Å²) in [5.74, 6) is -2.65. The number of halogens is 2. The highest BCUT2D eigenvalue weighted by Gasteiger charge is 2.22. The lowest BCUT2D eigenvalue weighted by Crippen LogP contribution is -2.11. The van der Waals surface area contributed by atoms with Crippen LogP contribution in [0.4, 0.5) is 8.78 Å². The molecule has 21 heavy (non-hydrogen) atoms. The van der Waals surface area contributed by atoms with E-state index >= 15 is 0 Å². The van der Waals surface area contributed by atoms with Crippen LogP contribution in [0, 0.1) is 11.6 Å². The van der Waals surface area contributed by atoms with E-state index < -0.39 is 32.8 Å². The van der Waals surface area contributed by atoms with E-state index in [1.807, 2.05) is 0 Å². The first-order chi connectivity index (χ1) is 9.94. The molecule has 0 saturated carbocycles. The van der Waals surface area contributed by atoms with Crippen LogP contribution in [0.25, 0.3) is 0 Å². The number of aromatic nitrogens is 2. The maximum absolute atomic E-state index is 13.5. The van der Waals surface area contributed by atoms with E-state index in [0.29, 0.717) is 5.69 Å². The Balaban J connectivity index is 1.80. The van der Waals surface area contributed by atoms with Gasteiger partial charge in [0.15, 0.2) is 9.84 Å². The van der Waals surface area contributed by atoms with Gasteiger partial charge in [0.1, 0.15) is 11.6 Å². The van der Waals surface area contributed by atoms with Crippen molar-refractivity contribution in [2.75, 3.05) is 0 Å². The van der Waals surface area contributed by atoms with E-state index in [-0.39, 0.29) is 5.75 Å². The van der Waals surface area contributed by atoms with Gasteiger partial charge in [-0.3, -0.25) is 4.68 Å². The van der Waals surface area contributed by atoms with Crippen LogP contribution in [0.1, 0.15) is 23.4 Å². The number of fused-ring (bicyclic) bond motifs is 1. The summed E-state index contributed by atoms with van der Waals surface area (Å²) in [6.45, 7) is 0.789. The summed E-state index contributed by atoms with van der Waals surface area (Å²) in [7, 11) is -3.68. The van der Waals surface area contributed by atoms with E-state index in [1.54, 1.807) is 10.7 Å². The van der Waals surface area contributed by atoms with Crippen LogP contribution in [-0.4, -0.2) is 18.2 Å². The molecule has 2 aromatic rings. The van der Waals surface area contributed by atoms with E-state index in [0.717, 1.165) is 37.2 Å². The number of sulfone groups is 1. The van der Waals surface area contributed by atoms with Crippen molar-refractivity contribution in [1.82, 2.24) is 9.78 Å². The minimum Gasteiger partial charge on any atom is -0.269 e. The van der Waals surface area contributed by atoms with Gasteiger partial charge >= 0.3 is 0 Å². The van der Waals surface area contributed by atoms with Crippen LogP contribution in [0.5, 0.6) is 0 Å². The SMILES string of the molecule is O=S(=O)(Cc1cc2n(n1)CCC2)Cc1c(F)cccc1F. The average Bonchev–Trinajstić information content (AvgIpc) is 2.94. The molecule has 3 rings (SSSR count). The van der Waals surface area contributed by atoms with E-state index in [4.69, 9.17) is 0 Å². The molecule has 0 unspecified atom stereocenters. The van der Waals surface area contributed by atoms with Gasteiger partial charge in [0.25, 0.3) is 0 Å². The van der Waals surface area contributed by atoms with Gasteiger partial charge in [0.2, 0.25) is 0 Å². The quantitative estimate of drug-likeness (QED) is 0.870. The van der Waals surface area contributed by atoms with Crippen molar-refractivity contribution in [2.45, 2.75) is 30.9 Å². The second kappa shape index (κ2) is 5.22. The summed E-state index contributed by atoms with van der Waals surface area (Å²) >= 11 is 0. The van der Waals surface area contributed by atoms with Gasteiger partial charge in [-0.05, 0) is 31.0 Å². The summed E-state index contributed by atoms with van der Waals surface area (Å²) in [4.78, 5) is 0. The molecule has 4 nitrogen and oxygen atoms in total.